The number of aromatic amines is 1. The summed E-state index contributed by atoms with van der Waals surface area (Å²) in [5.41, 5.74) is -0.512. The molecule has 154 valence electrons. The number of fused-ring (bicyclic) bond motifs is 1. The number of nitrogens with zero attached hydrogens (tertiary/aromatic N) is 2. The van der Waals surface area contributed by atoms with Crippen LogP contribution in [-0.2, 0) is 6.18 Å². The van der Waals surface area contributed by atoms with Crippen LogP contribution in [0, 0.1) is 11.3 Å². The maximum Gasteiger partial charge on any atom is 0.416 e. The van der Waals surface area contributed by atoms with Crippen molar-refractivity contribution in [1.29, 1.82) is 5.26 Å². The number of rotatable bonds is 3. The molecule has 0 aliphatic heterocycles. The molecule has 0 spiro atoms. The van der Waals surface area contributed by atoms with E-state index in [0.29, 0.717) is 15.4 Å². The third kappa shape index (κ3) is 4.29. The first-order valence-electron chi connectivity index (χ1n) is 8.84. The summed E-state index contributed by atoms with van der Waals surface area (Å²) in [6.45, 7) is 0. The lowest BCUT2D eigenvalue weighted by Gasteiger charge is -2.07. The highest BCUT2D eigenvalue weighted by Crippen LogP contribution is 2.33. The van der Waals surface area contributed by atoms with E-state index in [1.165, 1.54) is 30.3 Å². The monoisotopic (exact) mass is 485 g/mol. The Morgan fingerprint density at radius 1 is 1.16 bits per heavy atom. The Morgan fingerprint density at radius 2 is 1.97 bits per heavy atom. The lowest BCUT2D eigenvalue weighted by molar-refractivity contribution is -0.137. The van der Waals surface area contributed by atoms with Crippen molar-refractivity contribution in [3.05, 3.63) is 86.6 Å². The van der Waals surface area contributed by atoms with Crippen LogP contribution in [-0.4, -0.2) is 9.97 Å². The number of nitrogens with one attached hydrogen (secondary N) is 1. The van der Waals surface area contributed by atoms with Gasteiger partial charge in [-0.25, -0.2) is 4.98 Å². The fourth-order valence-corrected chi connectivity index (χ4v) is 3.33. The van der Waals surface area contributed by atoms with Crippen LogP contribution in [0.25, 0.3) is 33.9 Å². The van der Waals surface area contributed by atoms with Crippen molar-refractivity contribution in [1.82, 2.24) is 9.97 Å². The molecule has 5 nitrogen and oxygen atoms in total. The number of hydrogen-bond acceptors (Lipinski definition) is 4. The van der Waals surface area contributed by atoms with Crippen molar-refractivity contribution in [2.45, 2.75) is 6.18 Å². The number of hydrogen-bond donors (Lipinski definition) is 1. The van der Waals surface area contributed by atoms with Gasteiger partial charge >= 0.3 is 6.18 Å². The molecule has 0 aliphatic carbocycles. The highest BCUT2D eigenvalue weighted by Gasteiger charge is 2.30. The van der Waals surface area contributed by atoms with Gasteiger partial charge < -0.3 is 9.40 Å². The summed E-state index contributed by atoms with van der Waals surface area (Å²) in [4.78, 5) is 19.2. The summed E-state index contributed by atoms with van der Waals surface area (Å²) in [5, 5.41) is 9.90. The zero-order valence-corrected chi connectivity index (χ0v) is 17.1. The largest absolute Gasteiger partial charge is 0.457 e. The predicted molar refractivity (Wildman–Crippen MR) is 113 cm³/mol. The number of benzene rings is 2. The molecule has 0 aliphatic rings. The van der Waals surface area contributed by atoms with E-state index < -0.39 is 17.3 Å². The number of alkyl halides is 3. The topological polar surface area (TPSA) is 82.7 Å². The van der Waals surface area contributed by atoms with Gasteiger partial charge in [0, 0.05) is 16.1 Å². The molecule has 0 saturated carbocycles. The molecule has 0 bridgehead atoms. The minimum atomic E-state index is -4.47. The van der Waals surface area contributed by atoms with Gasteiger partial charge in [0.05, 0.1) is 22.0 Å². The molecule has 4 rings (SSSR count). The molecule has 0 saturated heterocycles. The molecule has 31 heavy (non-hydrogen) atoms. The number of furan rings is 1. The van der Waals surface area contributed by atoms with Gasteiger partial charge in [-0.15, -0.1) is 0 Å². The standard InChI is InChI=1S/C22H11BrF3N3O2/c23-15-4-6-18-17(10-15)21(30)29-20(28-18)13(11-27)9-16-5-7-19(31-16)12-2-1-3-14(8-12)22(24,25)26/h1-10H,(H,28,29,30). The van der Waals surface area contributed by atoms with E-state index in [-0.39, 0.29) is 28.5 Å². The first kappa shape index (κ1) is 20.6. The fourth-order valence-electron chi connectivity index (χ4n) is 2.97. The van der Waals surface area contributed by atoms with Crippen LogP contribution in [0.3, 0.4) is 0 Å². The molecule has 9 heteroatoms. The Kier molecular flexibility index (Phi) is 5.25. The van der Waals surface area contributed by atoms with Crippen molar-refractivity contribution in [2.75, 3.05) is 0 Å². The average Bonchev–Trinajstić information content (AvgIpc) is 3.20. The molecular formula is C22H11BrF3N3O2. The first-order valence-corrected chi connectivity index (χ1v) is 9.63. The van der Waals surface area contributed by atoms with Crippen LogP contribution in [0.5, 0.6) is 0 Å². The van der Waals surface area contributed by atoms with Gasteiger partial charge in [-0.2, -0.15) is 18.4 Å². The maximum atomic E-state index is 12.9. The van der Waals surface area contributed by atoms with Crippen molar-refractivity contribution in [3.63, 3.8) is 0 Å². The number of allylic oxidation sites excluding steroid dienone is 1. The highest BCUT2D eigenvalue weighted by molar-refractivity contribution is 9.10. The summed E-state index contributed by atoms with van der Waals surface area (Å²) in [5.74, 6) is 0.487. The summed E-state index contributed by atoms with van der Waals surface area (Å²) in [6.07, 6.45) is -3.11. The van der Waals surface area contributed by atoms with Gasteiger partial charge in [0.1, 0.15) is 17.6 Å². The number of H-pyrrole nitrogens is 1. The van der Waals surface area contributed by atoms with Gasteiger partial charge in [-0.3, -0.25) is 4.79 Å². The molecule has 0 unspecified atom stereocenters. The van der Waals surface area contributed by atoms with Gasteiger partial charge in [0.15, 0.2) is 5.82 Å². The smallest absolute Gasteiger partial charge is 0.416 e. The van der Waals surface area contributed by atoms with Crippen LogP contribution in [0.1, 0.15) is 17.1 Å². The molecule has 0 fully saturated rings. The van der Waals surface area contributed by atoms with E-state index in [9.17, 15) is 23.2 Å². The highest BCUT2D eigenvalue weighted by atomic mass is 79.9. The Balaban J connectivity index is 1.72. The van der Waals surface area contributed by atoms with Crippen LogP contribution < -0.4 is 5.56 Å². The summed E-state index contributed by atoms with van der Waals surface area (Å²) in [7, 11) is 0. The van der Waals surface area contributed by atoms with E-state index in [1.54, 1.807) is 18.2 Å². The Labute approximate surface area is 181 Å². The fraction of sp³-hybridized carbons (Fsp3) is 0.0455. The maximum absolute atomic E-state index is 12.9. The average molecular weight is 486 g/mol. The Bertz CT molecular complexity index is 1430. The van der Waals surface area contributed by atoms with E-state index in [0.717, 1.165) is 12.1 Å². The minimum absolute atomic E-state index is 0.0341. The first-order chi connectivity index (χ1) is 14.7. The number of nitriles is 1. The van der Waals surface area contributed by atoms with Crippen LogP contribution >= 0.6 is 15.9 Å². The minimum Gasteiger partial charge on any atom is -0.457 e. The summed E-state index contributed by atoms with van der Waals surface area (Å²) in [6, 6.07) is 14.7. The normalized spacial score (nSPS) is 12.2. The van der Waals surface area contributed by atoms with Crippen LogP contribution in [0.15, 0.2) is 68.3 Å². The summed E-state index contributed by atoms with van der Waals surface area (Å²) >= 11 is 3.29. The lowest BCUT2D eigenvalue weighted by Crippen LogP contribution is -2.11. The number of halogens is 4. The molecular weight excluding hydrogens is 475 g/mol. The van der Waals surface area contributed by atoms with E-state index in [2.05, 4.69) is 25.9 Å². The van der Waals surface area contributed by atoms with Crippen molar-refractivity contribution in [3.8, 4) is 17.4 Å². The van der Waals surface area contributed by atoms with Gasteiger partial charge in [0.2, 0.25) is 0 Å². The second-order valence-corrected chi connectivity index (χ2v) is 7.44. The van der Waals surface area contributed by atoms with Gasteiger partial charge in [-0.05, 0) is 42.5 Å². The quantitative estimate of drug-likeness (QED) is 0.359. The van der Waals surface area contributed by atoms with E-state index in [4.69, 9.17) is 4.42 Å². The van der Waals surface area contributed by atoms with Crippen molar-refractivity contribution < 1.29 is 17.6 Å². The SMILES string of the molecule is N#CC(=Cc1ccc(-c2cccc(C(F)(F)F)c2)o1)c1nc2ccc(Br)cc2c(=O)[nH]1. The van der Waals surface area contributed by atoms with Crippen molar-refractivity contribution in [2.24, 2.45) is 0 Å². The number of aromatic nitrogens is 2. The zero-order valence-electron chi connectivity index (χ0n) is 15.5. The summed E-state index contributed by atoms with van der Waals surface area (Å²) < 4.78 is 45.2. The molecule has 4 aromatic rings. The van der Waals surface area contributed by atoms with Gasteiger partial charge in [-0.1, -0.05) is 28.1 Å². The molecule has 2 aromatic carbocycles. The second-order valence-electron chi connectivity index (χ2n) is 6.53. The second kappa shape index (κ2) is 7.89. The molecule has 1 N–H and O–H groups in total. The Morgan fingerprint density at radius 3 is 2.71 bits per heavy atom. The third-order valence-electron chi connectivity index (χ3n) is 4.43. The molecule has 0 amide bonds. The van der Waals surface area contributed by atoms with Crippen LogP contribution in [0.2, 0.25) is 0 Å². The lowest BCUT2D eigenvalue weighted by atomic mass is 10.1. The van der Waals surface area contributed by atoms with Crippen molar-refractivity contribution >= 4 is 38.5 Å². The van der Waals surface area contributed by atoms with Crippen LogP contribution in [0.4, 0.5) is 13.2 Å². The third-order valence-corrected chi connectivity index (χ3v) is 4.92. The molecule has 0 atom stereocenters. The van der Waals surface area contributed by atoms with E-state index >= 15 is 0 Å². The molecule has 2 aromatic heterocycles. The molecule has 2 heterocycles. The molecule has 0 radical (unpaired) electrons. The predicted octanol–water partition coefficient (Wildman–Crippen LogP) is 6.03. The van der Waals surface area contributed by atoms with Gasteiger partial charge in [0.25, 0.3) is 5.56 Å². The Hall–Kier alpha value is -3.64. The van der Waals surface area contributed by atoms with E-state index in [1.807, 2.05) is 6.07 Å². The zero-order chi connectivity index (χ0) is 22.2.